The average molecular weight is 405 g/mol. The van der Waals surface area contributed by atoms with E-state index in [9.17, 15) is 26.7 Å². The van der Waals surface area contributed by atoms with Gasteiger partial charge in [0.2, 0.25) is 0 Å². The predicted molar refractivity (Wildman–Crippen MR) is 89.0 cm³/mol. The summed E-state index contributed by atoms with van der Waals surface area (Å²) >= 11 is 0. The molecule has 11 heteroatoms. The van der Waals surface area contributed by atoms with E-state index in [1.807, 2.05) is 0 Å². The van der Waals surface area contributed by atoms with Gasteiger partial charge in [-0.15, -0.1) is 0 Å². The number of carbonyl (C=O) groups is 1. The fraction of sp³-hybridized carbons (Fsp3) is 0.294. The predicted octanol–water partition coefficient (Wildman–Crippen LogP) is 3.93. The summed E-state index contributed by atoms with van der Waals surface area (Å²) in [6.45, 7) is 0.422. The lowest BCUT2D eigenvalue weighted by Gasteiger charge is -2.25. The third-order valence-corrected chi connectivity index (χ3v) is 3.53. The molecule has 28 heavy (non-hydrogen) atoms. The van der Waals surface area contributed by atoms with Crippen LogP contribution in [-0.4, -0.2) is 46.4 Å². The van der Waals surface area contributed by atoms with Crippen molar-refractivity contribution in [1.82, 2.24) is 9.88 Å². The zero-order valence-electron chi connectivity index (χ0n) is 14.5. The van der Waals surface area contributed by atoms with Crippen molar-refractivity contribution in [3.63, 3.8) is 0 Å². The third-order valence-electron chi connectivity index (χ3n) is 3.53. The molecule has 0 aliphatic carbocycles. The number of urea groups is 1. The summed E-state index contributed by atoms with van der Waals surface area (Å²) in [5, 5.41) is 11.4. The summed E-state index contributed by atoms with van der Waals surface area (Å²) in [6.07, 6.45) is -6.42. The van der Waals surface area contributed by atoms with Gasteiger partial charge in [-0.25, -0.2) is 18.6 Å². The summed E-state index contributed by atoms with van der Waals surface area (Å²) in [5.41, 5.74) is 0. The highest BCUT2D eigenvalue weighted by molar-refractivity contribution is 5.88. The van der Waals surface area contributed by atoms with E-state index in [2.05, 4.69) is 10.3 Å². The molecule has 1 aromatic carbocycles. The first-order valence-electron chi connectivity index (χ1n) is 7.99. The Labute approximate surface area is 156 Å². The highest BCUT2D eigenvalue weighted by atomic mass is 19.4. The van der Waals surface area contributed by atoms with Gasteiger partial charge in [-0.2, -0.15) is 13.2 Å². The van der Waals surface area contributed by atoms with E-state index in [-0.39, 0.29) is 23.9 Å². The van der Waals surface area contributed by atoms with Gasteiger partial charge in [0.15, 0.2) is 17.7 Å². The smallest absolute Gasteiger partial charge is 0.416 e. The topological polar surface area (TPSA) is 74.7 Å². The van der Waals surface area contributed by atoms with Gasteiger partial charge < -0.3 is 14.7 Å². The minimum absolute atomic E-state index is 0.0167. The van der Waals surface area contributed by atoms with Crippen LogP contribution < -0.4 is 10.1 Å². The highest BCUT2D eigenvalue weighted by Crippen LogP contribution is 2.25. The number of likely N-dealkylation sites (N-methyl/N-ethyl adjacent to an activating group) is 1. The van der Waals surface area contributed by atoms with Crippen molar-refractivity contribution in [3.05, 3.63) is 48.2 Å². The molecule has 0 radical (unpaired) electrons. The van der Waals surface area contributed by atoms with Crippen LogP contribution in [0.15, 0.2) is 36.5 Å². The minimum atomic E-state index is -4.85. The molecule has 0 saturated carbocycles. The number of aliphatic hydroxyl groups is 1. The molecule has 0 fully saturated rings. The fourth-order valence-corrected chi connectivity index (χ4v) is 2.05. The summed E-state index contributed by atoms with van der Waals surface area (Å²) < 4.78 is 69.1. The molecule has 0 aliphatic heterocycles. The number of anilines is 1. The SMILES string of the molecule is CCN(C[C@@H](O)C(F)(F)F)C(=O)Nc1ccc(Oc2cc(F)ccc2F)cn1. The molecule has 0 saturated heterocycles. The maximum absolute atomic E-state index is 13.5. The number of aliphatic hydroxyl groups excluding tert-OH is 1. The summed E-state index contributed by atoms with van der Waals surface area (Å²) in [5.74, 6) is -1.83. The van der Waals surface area contributed by atoms with Gasteiger partial charge in [0.1, 0.15) is 17.4 Å². The van der Waals surface area contributed by atoms with E-state index in [4.69, 9.17) is 9.84 Å². The van der Waals surface area contributed by atoms with Crippen molar-refractivity contribution >= 4 is 11.8 Å². The standard InChI is InChI=1S/C17H16F5N3O3/c1-2-25(9-14(26)17(20,21)22)16(27)24-15-6-4-11(8-23-15)28-13-7-10(18)3-5-12(13)19/h3-8,14,26H,2,9H2,1H3,(H,23,24,27)/t14-/m1/s1. The molecule has 0 aliphatic rings. The van der Waals surface area contributed by atoms with E-state index in [1.165, 1.54) is 19.1 Å². The Kier molecular flexibility index (Phi) is 6.73. The van der Waals surface area contributed by atoms with Crippen LogP contribution >= 0.6 is 0 Å². The summed E-state index contributed by atoms with van der Waals surface area (Å²) in [6, 6.07) is 4.32. The number of aromatic nitrogens is 1. The Bertz CT molecular complexity index is 815. The Hall–Kier alpha value is -2.95. The first-order valence-corrected chi connectivity index (χ1v) is 7.99. The number of hydrogen-bond donors (Lipinski definition) is 2. The number of ether oxygens (including phenoxy) is 1. The van der Waals surface area contributed by atoms with Gasteiger partial charge in [-0.1, -0.05) is 0 Å². The number of alkyl halides is 3. The number of pyridine rings is 1. The molecule has 2 N–H and O–H groups in total. The van der Waals surface area contributed by atoms with Crippen molar-refractivity contribution in [2.45, 2.75) is 19.2 Å². The van der Waals surface area contributed by atoms with Crippen LogP contribution in [0.1, 0.15) is 6.92 Å². The molecule has 2 amide bonds. The molecule has 6 nitrogen and oxygen atoms in total. The number of nitrogens with one attached hydrogen (secondary N) is 1. The number of amides is 2. The van der Waals surface area contributed by atoms with E-state index in [0.29, 0.717) is 0 Å². The first kappa shape index (κ1) is 21.4. The Balaban J connectivity index is 2.01. The summed E-state index contributed by atoms with van der Waals surface area (Å²) in [7, 11) is 0. The zero-order valence-corrected chi connectivity index (χ0v) is 14.5. The molecule has 152 valence electrons. The summed E-state index contributed by atoms with van der Waals surface area (Å²) in [4.78, 5) is 16.6. The number of carbonyl (C=O) groups excluding carboxylic acids is 1. The molecule has 2 aromatic rings. The Morgan fingerprint density at radius 1 is 1.29 bits per heavy atom. The van der Waals surface area contributed by atoms with Crippen LogP contribution in [0.5, 0.6) is 11.5 Å². The average Bonchev–Trinajstić information content (AvgIpc) is 2.63. The van der Waals surface area contributed by atoms with Crippen LogP contribution in [0.25, 0.3) is 0 Å². The normalized spacial score (nSPS) is 12.4. The van der Waals surface area contributed by atoms with Crippen molar-refractivity contribution in [2.75, 3.05) is 18.4 Å². The maximum Gasteiger partial charge on any atom is 0.416 e. The van der Waals surface area contributed by atoms with Crippen LogP contribution in [0.2, 0.25) is 0 Å². The molecule has 0 bridgehead atoms. The quantitative estimate of drug-likeness (QED) is 0.715. The molecule has 0 unspecified atom stereocenters. The molecule has 2 rings (SSSR count). The molecule has 1 aromatic heterocycles. The van der Waals surface area contributed by atoms with Crippen molar-refractivity contribution in [3.8, 4) is 11.5 Å². The lowest BCUT2D eigenvalue weighted by Crippen LogP contribution is -2.45. The lowest BCUT2D eigenvalue weighted by atomic mass is 10.3. The van der Waals surface area contributed by atoms with Crippen LogP contribution in [-0.2, 0) is 0 Å². The molecule has 1 heterocycles. The lowest BCUT2D eigenvalue weighted by molar-refractivity contribution is -0.206. The minimum Gasteiger partial charge on any atom is -0.453 e. The number of halogens is 5. The van der Waals surface area contributed by atoms with Crippen LogP contribution in [0, 0.1) is 11.6 Å². The Morgan fingerprint density at radius 2 is 2.00 bits per heavy atom. The van der Waals surface area contributed by atoms with Gasteiger partial charge >= 0.3 is 12.2 Å². The second kappa shape index (κ2) is 8.83. The monoisotopic (exact) mass is 405 g/mol. The van der Waals surface area contributed by atoms with E-state index in [1.54, 1.807) is 0 Å². The number of hydrogen-bond acceptors (Lipinski definition) is 4. The van der Waals surface area contributed by atoms with E-state index < -0.39 is 36.5 Å². The van der Waals surface area contributed by atoms with E-state index in [0.717, 1.165) is 29.3 Å². The number of rotatable bonds is 6. The zero-order chi connectivity index (χ0) is 20.9. The fourth-order valence-electron chi connectivity index (χ4n) is 2.05. The number of nitrogens with zero attached hydrogens (tertiary/aromatic N) is 2. The third kappa shape index (κ3) is 5.78. The van der Waals surface area contributed by atoms with Gasteiger partial charge in [0.25, 0.3) is 0 Å². The molecule has 0 spiro atoms. The van der Waals surface area contributed by atoms with Gasteiger partial charge in [-0.3, -0.25) is 5.32 Å². The van der Waals surface area contributed by atoms with E-state index >= 15 is 0 Å². The van der Waals surface area contributed by atoms with Crippen LogP contribution in [0.4, 0.5) is 32.6 Å². The Morgan fingerprint density at radius 3 is 2.57 bits per heavy atom. The van der Waals surface area contributed by atoms with Crippen molar-refractivity contribution < 1.29 is 36.6 Å². The second-order valence-electron chi connectivity index (χ2n) is 5.58. The van der Waals surface area contributed by atoms with Crippen molar-refractivity contribution in [2.24, 2.45) is 0 Å². The first-order chi connectivity index (χ1) is 13.1. The highest BCUT2D eigenvalue weighted by Gasteiger charge is 2.39. The molecule has 1 atom stereocenters. The largest absolute Gasteiger partial charge is 0.453 e. The van der Waals surface area contributed by atoms with Gasteiger partial charge in [0.05, 0.1) is 12.7 Å². The molecular weight excluding hydrogens is 389 g/mol. The van der Waals surface area contributed by atoms with Gasteiger partial charge in [0, 0.05) is 12.6 Å². The van der Waals surface area contributed by atoms with Gasteiger partial charge in [-0.05, 0) is 31.2 Å². The second-order valence-corrected chi connectivity index (χ2v) is 5.58. The molecular formula is C17H16F5N3O3. The van der Waals surface area contributed by atoms with Crippen molar-refractivity contribution in [1.29, 1.82) is 0 Å². The maximum atomic E-state index is 13.5. The van der Waals surface area contributed by atoms with Crippen LogP contribution in [0.3, 0.4) is 0 Å². The number of benzene rings is 1.